The second-order valence-corrected chi connectivity index (χ2v) is 7.56. The largest absolute Gasteiger partial charge is 0.394 e. The van der Waals surface area contributed by atoms with Gasteiger partial charge < -0.3 is 29.9 Å². The van der Waals surface area contributed by atoms with Crippen molar-refractivity contribution in [2.45, 2.75) is 56.6 Å². The highest BCUT2D eigenvalue weighted by Gasteiger charge is 2.58. The van der Waals surface area contributed by atoms with E-state index in [1.54, 1.807) is 0 Å². The first-order valence-corrected chi connectivity index (χ1v) is 9.65. The van der Waals surface area contributed by atoms with Gasteiger partial charge in [0.15, 0.2) is 0 Å². The van der Waals surface area contributed by atoms with Crippen molar-refractivity contribution >= 4 is 0 Å². The molecule has 1 saturated heterocycles. The molecule has 0 saturated carbocycles. The quantitative estimate of drug-likeness (QED) is 0.626. The molecule has 0 aromatic heterocycles. The van der Waals surface area contributed by atoms with Gasteiger partial charge in [-0.05, 0) is 41.2 Å². The maximum atomic E-state index is 10.7. The zero-order valence-corrected chi connectivity index (χ0v) is 15.8. The molecule has 2 aliphatic heterocycles. The molecule has 4 N–H and O–H groups in total. The third-order valence-corrected chi connectivity index (χ3v) is 5.78. The van der Waals surface area contributed by atoms with Crippen molar-refractivity contribution in [3.05, 3.63) is 70.3 Å². The second kappa shape index (κ2) is 7.55. The third-order valence-electron chi connectivity index (χ3n) is 5.78. The Kier molecular flexibility index (Phi) is 5.26. The zero-order valence-electron chi connectivity index (χ0n) is 15.8. The van der Waals surface area contributed by atoms with Crippen LogP contribution in [0.15, 0.2) is 42.5 Å². The summed E-state index contributed by atoms with van der Waals surface area (Å²) in [7, 11) is 0. The average molecular weight is 386 g/mol. The standard InChI is InChI=1S/C22H26O6/c1-2-13-3-5-14(6-4-13)9-15-7-8-16-12-27-22(17(16)10-15)21(26)20(25)19(24)18(11-23)28-22/h3-8,10,18-21,23-26H,2,9,11-12H2,1H3/t18-,19-,20+,21-,22-/m1/s1. The van der Waals surface area contributed by atoms with Gasteiger partial charge in [-0.15, -0.1) is 0 Å². The van der Waals surface area contributed by atoms with Gasteiger partial charge in [0.05, 0.1) is 13.2 Å². The fourth-order valence-electron chi connectivity index (χ4n) is 4.06. The van der Waals surface area contributed by atoms with Crippen molar-refractivity contribution in [3.63, 3.8) is 0 Å². The lowest BCUT2D eigenvalue weighted by atomic mass is 9.86. The Hall–Kier alpha value is -1.80. The summed E-state index contributed by atoms with van der Waals surface area (Å²) < 4.78 is 11.6. The van der Waals surface area contributed by atoms with Crippen molar-refractivity contribution in [3.8, 4) is 0 Å². The minimum atomic E-state index is -1.59. The molecule has 28 heavy (non-hydrogen) atoms. The van der Waals surface area contributed by atoms with Gasteiger partial charge in [-0.1, -0.05) is 43.3 Å². The third kappa shape index (κ3) is 3.16. The summed E-state index contributed by atoms with van der Waals surface area (Å²) >= 11 is 0. The summed E-state index contributed by atoms with van der Waals surface area (Å²) in [6, 6.07) is 14.3. The van der Waals surface area contributed by atoms with Crippen LogP contribution < -0.4 is 0 Å². The summed E-state index contributed by atoms with van der Waals surface area (Å²) in [5.74, 6) is -1.59. The number of aliphatic hydroxyl groups excluding tert-OH is 4. The van der Waals surface area contributed by atoms with Gasteiger partial charge in [-0.2, -0.15) is 0 Å². The summed E-state index contributed by atoms with van der Waals surface area (Å²) in [5, 5.41) is 40.5. The predicted octanol–water partition coefficient (Wildman–Crippen LogP) is 0.997. The van der Waals surface area contributed by atoms with E-state index >= 15 is 0 Å². The minimum absolute atomic E-state index is 0.221. The molecule has 1 spiro atoms. The maximum Gasteiger partial charge on any atom is 0.225 e. The van der Waals surface area contributed by atoms with E-state index in [-0.39, 0.29) is 6.61 Å². The molecule has 2 aliphatic rings. The molecule has 5 atom stereocenters. The van der Waals surface area contributed by atoms with Crippen LogP contribution in [0.3, 0.4) is 0 Å². The maximum absolute atomic E-state index is 10.7. The molecule has 0 bridgehead atoms. The van der Waals surface area contributed by atoms with E-state index in [9.17, 15) is 20.4 Å². The molecule has 0 amide bonds. The summed E-state index contributed by atoms with van der Waals surface area (Å²) in [4.78, 5) is 0. The molecule has 150 valence electrons. The van der Waals surface area contributed by atoms with Crippen LogP contribution in [0.5, 0.6) is 0 Å². The number of hydrogen-bond donors (Lipinski definition) is 4. The van der Waals surface area contributed by atoms with Crippen LogP contribution in [-0.4, -0.2) is 51.4 Å². The molecule has 0 radical (unpaired) electrons. The fourth-order valence-corrected chi connectivity index (χ4v) is 4.06. The van der Waals surface area contributed by atoms with Crippen LogP contribution in [-0.2, 0) is 34.7 Å². The van der Waals surface area contributed by atoms with E-state index < -0.39 is 36.8 Å². The van der Waals surface area contributed by atoms with Gasteiger partial charge in [0, 0.05) is 5.56 Å². The van der Waals surface area contributed by atoms with Crippen molar-refractivity contribution in [1.29, 1.82) is 0 Å². The van der Waals surface area contributed by atoms with E-state index in [0.717, 1.165) is 17.5 Å². The van der Waals surface area contributed by atoms with Crippen molar-refractivity contribution in [2.75, 3.05) is 6.61 Å². The van der Waals surface area contributed by atoms with E-state index in [2.05, 4.69) is 31.2 Å². The molecular weight excluding hydrogens is 360 g/mol. The smallest absolute Gasteiger partial charge is 0.225 e. The van der Waals surface area contributed by atoms with Crippen LogP contribution >= 0.6 is 0 Å². The predicted molar refractivity (Wildman–Crippen MR) is 102 cm³/mol. The van der Waals surface area contributed by atoms with E-state index in [1.807, 2.05) is 18.2 Å². The SMILES string of the molecule is CCc1ccc(Cc2ccc3c(c2)[C@@]2(OC3)O[C@H](CO)[C@@H](O)[C@H](O)[C@H]2O)cc1. The topological polar surface area (TPSA) is 99.4 Å². The molecule has 2 aromatic rings. The zero-order chi connectivity index (χ0) is 19.9. The monoisotopic (exact) mass is 386 g/mol. The summed E-state index contributed by atoms with van der Waals surface area (Å²) in [6.45, 7) is 1.85. The Labute approximate surface area is 164 Å². The molecule has 2 heterocycles. The molecule has 0 aliphatic carbocycles. The van der Waals surface area contributed by atoms with Gasteiger partial charge in [-0.25, -0.2) is 0 Å². The Balaban J connectivity index is 1.66. The molecular formula is C22H26O6. The lowest BCUT2D eigenvalue weighted by molar-refractivity contribution is -0.368. The lowest BCUT2D eigenvalue weighted by Crippen LogP contribution is -2.63. The molecule has 1 fully saturated rings. The Morgan fingerprint density at radius 1 is 0.964 bits per heavy atom. The van der Waals surface area contributed by atoms with E-state index in [4.69, 9.17) is 9.47 Å². The number of hydrogen-bond acceptors (Lipinski definition) is 6. The Bertz CT molecular complexity index is 833. The van der Waals surface area contributed by atoms with Gasteiger partial charge >= 0.3 is 0 Å². The number of fused-ring (bicyclic) bond motifs is 2. The molecule has 4 rings (SSSR count). The highest BCUT2D eigenvalue weighted by molar-refractivity contribution is 5.41. The first kappa shape index (κ1) is 19.5. The lowest BCUT2D eigenvalue weighted by Gasteiger charge is -2.46. The number of aryl methyl sites for hydroxylation is 1. The average Bonchev–Trinajstić information content (AvgIpc) is 3.08. The number of benzene rings is 2. The minimum Gasteiger partial charge on any atom is -0.394 e. The highest BCUT2D eigenvalue weighted by Crippen LogP contribution is 2.46. The molecule has 0 unspecified atom stereocenters. The first-order chi connectivity index (χ1) is 13.5. The molecule has 2 aromatic carbocycles. The first-order valence-electron chi connectivity index (χ1n) is 9.65. The Morgan fingerprint density at radius 3 is 2.32 bits per heavy atom. The Morgan fingerprint density at radius 2 is 1.64 bits per heavy atom. The normalized spacial score (nSPS) is 31.9. The summed E-state index contributed by atoms with van der Waals surface area (Å²) in [6.07, 6.45) is -3.69. The van der Waals surface area contributed by atoms with Crippen LogP contribution in [0.1, 0.15) is 34.7 Å². The second-order valence-electron chi connectivity index (χ2n) is 7.56. The molecule has 6 nitrogen and oxygen atoms in total. The number of aliphatic hydroxyl groups is 4. The van der Waals surface area contributed by atoms with E-state index in [1.165, 1.54) is 11.1 Å². The van der Waals surface area contributed by atoms with Crippen molar-refractivity contribution in [2.24, 2.45) is 0 Å². The van der Waals surface area contributed by atoms with Crippen LogP contribution in [0.25, 0.3) is 0 Å². The van der Waals surface area contributed by atoms with E-state index in [0.29, 0.717) is 12.0 Å². The number of rotatable bonds is 4. The van der Waals surface area contributed by atoms with Gasteiger partial charge in [0.1, 0.15) is 24.4 Å². The van der Waals surface area contributed by atoms with Gasteiger partial charge in [0.2, 0.25) is 5.79 Å². The highest BCUT2D eigenvalue weighted by atomic mass is 16.7. The summed E-state index contributed by atoms with van der Waals surface area (Å²) in [5.41, 5.74) is 4.95. The van der Waals surface area contributed by atoms with Crippen molar-refractivity contribution < 1.29 is 29.9 Å². The van der Waals surface area contributed by atoms with Crippen LogP contribution in [0.4, 0.5) is 0 Å². The number of ether oxygens (including phenoxy) is 2. The van der Waals surface area contributed by atoms with Crippen LogP contribution in [0, 0.1) is 0 Å². The van der Waals surface area contributed by atoms with Crippen molar-refractivity contribution in [1.82, 2.24) is 0 Å². The van der Waals surface area contributed by atoms with Crippen LogP contribution in [0.2, 0.25) is 0 Å². The fraction of sp³-hybridized carbons (Fsp3) is 0.455. The van der Waals surface area contributed by atoms with Gasteiger partial charge in [0.25, 0.3) is 0 Å². The van der Waals surface area contributed by atoms with Gasteiger partial charge in [-0.3, -0.25) is 0 Å². The molecule has 6 heteroatoms.